The molecular formula is C17H15FN2O3. The van der Waals surface area contributed by atoms with E-state index in [4.69, 9.17) is 4.74 Å². The van der Waals surface area contributed by atoms with Crippen LogP contribution in [0.3, 0.4) is 0 Å². The van der Waals surface area contributed by atoms with Gasteiger partial charge in [0.1, 0.15) is 17.6 Å². The number of methoxy groups -OCH3 is 1. The number of nitrogens with one attached hydrogen (secondary N) is 1. The fourth-order valence-electron chi connectivity index (χ4n) is 2.58. The molecule has 5 nitrogen and oxygen atoms in total. The molecule has 0 aromatic heterocycles. The topological polar surface area (TPSA) is 58.6 Å². The molecule has 2 amide bonds. The first-order valence-corrected chi connectivity index (χ1v) is 7.12. The normalized spacial score (nSPS) is 17.5. The first-order valence-electron chi connectivity index (χ1n) is 7.12. The van der Waals surface area contributed by atoms with Crippen LogP contribution >= 0.6 is 0 Å². The van der Waals surface area contributed by atoms with E-state index >= 15 is 0 Å². The predicted molar refractivity (Wildman–Crippen MR) is 83.9 cm³/mol. The van der Waals surface area contributed by atoms with Gasteiger partial charge in [-0.3, -0.25) is 9.59 Å². The monoisotopic (exact) mass is 314 g/mol. The molecule has 3 rings (SSSR count). The minimum Gasteiger partial charge on any atom is -0.495 e. The van der Waals surface area contributed by atoms with Crippen molar-refractivity contribution in [3.8, 4) is 5.75 Å². The zero-order valence-electron chi connectivity index (χ0n) is 12.5. The largest absolute Gasteiger partial charge is 0.495 e. The van der Waals surface area contributed by atoms with Gasteiger partial charge >= 0.3 is 0 Å². The highest BCUT2D eigenvalue weighted by atomic mass is 19.1. The van der Waals surface area contributed by atoms with E-state index in [1.807, 2.05) is 0 Å². The van der Waals surface area contributed by atoms with E-state index < -0.39 is 23.7 Å². The van der Waals surface area contributed by atoms with Crippen molar-refractivity contribution in [1.29, 1.82) is 0 Å². The van der Waals surface area contributed by atoms with Gasteiger partial charge in [0.15, 0.2) is 0 Å². The lowest BCUT2D eigenvalue weighted by atomic mass is 10.2. The molecule has 6 heteroatoms. The van der Waals surface area contributed by atoms with Crippen molar-refractivity contribution in [3.63, 3.8) is 0 Å². The molecule has 0 radical (unpaired) electrons. The third kappa shape index (κ3) is 2.75. The summed E-state index contributed by atoms with van der Waals surface area (Å²) in [5, 5.41) is 3.00. The summed E-state index contributed by atoms with van der Waals surface area (Å²) < 4.78 is 19.1. The predicted octanol–water partition coefficient (Wildman–Crippen LogP) is 2.58. The second-order valence-electron chi connectivity index (χ2n) is 5.12. The molecule has 23 heavy (non-hydrogen) atoms. The van der Waals surface area contributed by atoms with Gasteiger partial charge in [-0.2, -0.15) is 0 Å². The van der Waals surface area contributed by atoms with Crippen LogP contribution in [0.4, 0.5) is 15.8 Å². The van der Waals surface area contributed by atoms with Gasteiger partial charge in [-0.15, -0.1) is 0 Å². The van der Waals surface area contributed by atoms with Crippen molar-refractivity contribution in [2.24, 2.45) is 0 Å². The molecule has 1 aliphatic heterocycles. The average molecular weight is 314 g/mol. The Kier molecular flexibility index (Phi) is 3.97. The number of imide groups is 1. The van der Waals surface area contributed by atoms with E-state index in [0.29, 0.717) is 11.4 Å². The maximum absolute atomic E-state index is 13.9. The van der Waals surface area contributed by atoms with Gasteiger partial charge in [0.05, 0.1) is 24.9 Å². The molecule has 2 aromatic carbocycles. The van der Waals surface area contributed by atoms with E-state index in [0.717, 1.165) is 4.90 Å². The maximum Gasteiger partial charge on any atom is 0.256 e. The number of hydrogen-bond acceptors (Lipinski definition) is 4. The van der Waals surface area contributed by atoms with Crippen LogP contribution in [0.2, 0.25) is 0 Å². The van der Waals surface area contributed by atoms with Crippen molar-refractivity contribution in [2.45, 2.75) is 12.5 Å². The summed E-state index contributed by atoms with van der Waals surface area (Å²) in [5.41, 5.74) is 0.586. The van der Waals surface area contributed by atoms with Crippen LogP contribution in [0, 0.1) is 5.82 Å². The molecule has 0 bridgehead atoms. The Hall–Kier alpha value is -2.89. The summed E-state index contributed by atoms with van der Waals surface area (Å²) in [7, 11) is 1.52. The number of carbonyl (C=O) groups excluding carboxylic acids is 2. The highest BCUT2D eigenvalue weighted by Gasteiger charge is 2.40. The second kappa shape index (κ2) is 6.08. The lowest BCUT2D eigenvalue weighted by molar-refractivity contribution is -0.121. The van der Waals surface area contributed by atoms with Crippen LogP contribution in [-0.4, -0.2) is 25.0 Å². The van der Waals surface area contributed by atoms with Gasteiger partial charge < -0.3 is 10.1 Å². The minimum absolute atomic E-state index is 0.0215. The van der Waals surface area contributed by atoms with Gasteiger partial charge in [0.25, 0.3) is 5.91 Å². The number of anilines is 2. The Labute approximate surface area is 132 Å². The minimum atomic E-state index is -0.751. The van der Waals surface area contributed by atoms with Crippen LogP contribution in [0.1, 0.15) is 6.42 Å². The lowest BCUT2D eigenvalue weighted by Crippen LogP contribution is -2.35. The number of rotatable bonds is 4. The number of ether oxygens (including phenoxy) is 1. The zero-order chi connectivity index (χ0) is 16.4. The SMILES string of the molecule is COc1ccccc1NC1CC(=O)N(c2ccccc2F)C1=O. The Morgan fingerprint density at radius 1 is 1.13 bits per heavy atom. The third-order valence-electron chi connectivity index (χ3n) is 3.68. The van der Waals surface area contributed by atoms with Gasteiger partial charge in [-0.05, 0) is 24.3 Å². The summed E-state index contributed by atoms with van der Waals surface area (Å²) in [4.78, 5) is 25.6. The summed E-state index contributed by atoms with van der Waals surface area (Å²) in [6.45, 7) is 0. The molecule has 1 unspecified atom stereocenters. The standard InChI is InChI=1S/C17H15FN2O3/c1-23-15-9-5-3-7-12(15)19-13-10-16(21)20(17(13)22)14-8-4-2-6-11(14)18/h2-9,13,19H,10H2,1H3. The van der Waals surface area contributed by atoms with Crippen molar-refractivity contribution in [3.05, 3.63) is 54.3 Å². The number of amides is 2. The fraction of sp³-hybridized carbons (Fsp3) is 0.176. The molecule has 1 N–H and O–H groups in total. The summed E-state index contributed by atoms with van der Waals surface area (Å²) in [6, 6.07) is 12.1. The smallest absolute Gasteiger partial charge is 0.256 e. The quantitative estimate of drug-likeness (QED) is 0.881. The fourth-order valence-corrected chi connectivity index (χ4v) is 2.58. The molecule has 1 fully saturated rings. The molecule has 2 aromatic rings. The van der Waals surface area contributed by atoms with Crippen molar-refractivity contribution in [1.82, 2.24) is 0 Å². The van der Waals surface area contributed by atoms with Crippen LogP contribution in [-0.2, 0) is 9.59 Å². The van der Waals surface area contributed by atoms with E-state index in [2.05, 4.69) is 5.32 Å². The molecule has 118 valence electrons. The second-order valence-corrected chi connectivity index (χ2v) is 5.12. The van der Waals surface area contributed by atoms with E-state index in [-0.39, 0.29) is 12.1 Å². The first kappa shape index (κ1) is 15.0. The Morgan fingerprint density at radius 3 is 2.57 bits per heavy atom. The van der Waals surface area contributed by atoms with Crippen LogP contribution in [0.5, 0.6) is 5.75 Å². The maximum atomic E-state index is 13.9. The number of halogens is 1. The van der Waals surface area contributed by atoms with E-state index in [9.17, 15) is 14.0 Å². The molecule has 1 atom stereocenters. The van der Waals surface area contributed by atoms with Gasteiger partial charge in [-0.25, -0.2) is 9.29 Å². The highest BCUT2D eigenvalue weighted by molar-refractivity contribution is 6.23. The van der Waals surface area contributed by atoms with Crippen molar-refractivity contribution < 1.29 is 18.7 Å². The van der Waals surface area contributed by atoms with Gasteiger partial charge in [0, 0.05) is 0 Å². The molecule has 0 aliphatic carbocycles. The summed E-state index contributed by atoms with van der Waals surface area (Å²) in [5.74, 6) is -0.956. The average Bonchev–Trinajstić information content (AvgIpc) is 2.83. The van der Waals surface area contributed by atoms with Crippen LogP contribution in [0.25, 0.3) is 0 Å². The Morgan fingerprint density at radius 2 is 1.83 bits per heavy atom. The molecule has 0 spiro atoms. The Bertz CT molecular complexity index is 763. The zero-order valence-corrected chi connectivity index (χ0v) is 12.5. The van der Waals surface area contributed by atoms with Gasteiger partial charge in [0.2, 0.25) is 5.91 Å². The number of carbonyl (C=O) groups is 2. The highest BCUT2D eigenvalue weighted by Crippen LogP contribution is 2.29. The van der Waals surface area contributed by atoms with Crippen molar-refractivity contribution >= 4 is 23.2 Å². The first-order chi connectivity index (χ1) is 11.1. The van der Waals surface area contributed by atoms with E-state index in [1.165, 1.54) is 25.3 Å². The molecule has 0 saturated carbocycles. The van der Waals surface area contributed by atoms with Crippen LogP contribution < -0.4 is 15.0 Å². The van der Waals surface area contributed by atoms with Gasteiger partial charge in [-0.1, -0.05) is 24.3 Å². The van der Waals surface area contributed by atoms with Crippen molar-refractivity contribution in [2.75, 3.05) is 17.3 Å². The lowest BCUT2D eigenvalue weighted by Gasteiger charge is -2.17. The molecular weight excluding hydrogens is 299 g/mol. The molecule has 1 saturated heterocycles. The molecule has 1 heterocycles. The Balaban J connectivity index is 1.86. The van der Waals surface area contributed by atoms with Crippen LogP contribution in [0.15, 0.2) is 48.5 Å². The number of para-hydroxylation sites is 3. The number of benzene rings is 2. The summed E-state index contributed by atoms with van der Waals surface area (Å²) in [6.07, 6.45) is -0.0365. The number of hydrogen-bond donors (Lipinski definition) is 1. The summed E-state index contributed by atoms with van der Waals surface area (Å²) >= 11 is 0. The molecule has 1 aliphatic rings. The third-order valence-corrected chi connectivity index (χ3v) is 3.68. The van der Waals surface area contributed by atoms with E-state index in [1.54, 1.807) is 30.3 Å². The number of nitrogens with zero attached hydrogens (tertiary/aromatic N) is 1.